The fourth-order valence-electron chi connectivity index (χ4n) is 2.53. The summed E-state index contributed by atoms with van der Waals surface area (Å²) < 4.78 is 0. The van der Waals surface area contributed by atoms with Crippen molar-refractivity contribution < 1.29 is 9.72 Å². The molecule has 0 radical (unpaired) electrons. The summed E-state index contributed by atoms with van der Waals surface area (Å²) in [7, 11) is 1.80. The number of rotatable bonds is 7. The predicted molar refractivity (Wildman–Crippen MR) is 131 cm³/mol. The number of nitro benzene ring substituents is 1. The highest BCUT2D eigenvalue weighted by molar-refractivity contribution is 14.0. The number of hydrogen-bond donors (Lipinski definition) is 2. The van der Waals surface area contributed by atoms with E-state index in [4.69, 9.17) is 0 Å². The van der Waals surface area contributed by atoms with Gasteiger partial charge in [-0.15, -0.1) is 35.3 Å². The van der Waals surface area contributed by atoms with Gasteiger partial charge in [0.25, 0.3) is 5.69 Å². The summed E-state index contributed by atoms with van der Waals surface area (Å²) in [6.07, 6.45) is 0. The van der Waals surface area contributed by atoms with Gasteiger partial charge in [0, 0.05) is 29.6 Å². The molecule has 1 aromatic heterocycles. The van der Waals surface area contributed by atoms with Crippen LogP contribution in [0.2, 0.25) is 0 Å². The highest BCUT2D eigenvalue weighted by Crippen LogP contribution is 2.13. The third-order valence-electron chi connectivity index (χ3n) is 3.82. The average Bonchev–Trinajstić information content (AvgIpc) is 3.13. The first-order chi connectivity index (χ1) is 13.6. The summed E-state index contributed by atoms with van der Waals surface area (Å²) in [6.45, 7) is 6.91. The quantitative estimate of drug-likeness (QED) is 0.182. The molecular weight excluding hydrogens is 517 g/mol. The highest BCUT2D eigenvalue weighted by atomic mass is 127. The maximum absolute atomic E-state index is 12.3. The monoisotopic (exact) mass is 545 g/mol. The zero-order valence-electron chi connectivity index (χ0n) is 17.5. The van der Waals surface area contributed by atoms with Gasteiger partial charge in [0.15, 0.2) is 5.96 Å². The van der Waals surface area contributed by atoms with Crippen LogP contribution in [0.15, 0.2) is 46.8 Å². The van der Waals surface area contributed by atoms with Gasteiger partial charge in [-0.1, -0.05) is 18.2 Å². The van der Waals surface area contributed by atoms with E-state index >= 15 is 0 Å². The Morgan fingerprint density at radius 2 is 1.90 bits per heavy atom. The molecule has 10 heteroatoms. The van der Waals surface area contributed by atoms with E-state index in [0.29, 0.717) is 19.0 Å². The van der Waals surface area contributed by atoms with E-state index < -0.39 is 4.92 Å². The number of guanidine groups is 1. The lowest BCUT2D eigenvalue weighted by Crippen LogP contribution is -2.48. The van der Waals surface area contributed by atoms with Crippen LogP contribution in [0.4, 0.5) is 5.69 Å². The molecule has 0 bridgehead atoms. The Balaban J connectivity index is 0.00000450. The van der Waals surface area contributed by atoms with E-state index in [0.717, 1.165) is 10.4 Å². The Labute approximate surface area is 197 Å². The van der Waals surface area contributed by atoms with E-state index in [1.807, 2.05) is 38.3 Å². The second-order valence-electron chi connectivity index (χ2n) is 7.65. The summed E-state index contributed by atoms with van der Waals surface area (Å²) in [5.41, 5.74) is 0.585. The second-order valence-corrected chi connectivity index (χ2v) is 8.68. The van der Waals surface area contributed by atoms with E-state index in [2.05, 4.69) is 15.6 Å². The number of thiophene rings is 1. The van der Waals surface area contributed by atoms with Gasteiger partial charge in [-0.05, 0) is 37.8 Å². The number of hydrogen-bond acceptors (Lipinski definition) is 5. The molecule has 8 nitrogen and oxygen atoms in total. The number of carbonyl (C=O) groups is 1. The first kappa shape index (κ1) is 25.8. The smallest absolute Gasteiger partial charge is 0.269 e. The number of benzene rings is 1. The molecular formula is C20H28IN5O3S. The molecule has 0 fully saturated rings. The fourth-order valence-corrected chi connectivity index (χ4v) is 3.17. The molecule has 1 heterocycles. The van der Waals surface area contributed by atoms with E-state index in [1.165, 1.54) is 12.1 Å². The Hall–Kier alpha value is -2.21. The normalized spacial score (nSPS) is 11.4. The predicted octanol–water partition coefficient (Wildman–Crippen LogP) is 3.77. The molecule has 0 spiro atoms. The third kappa shape index (κ3) is 9.08. The lowest BCUT2D eigenvalue weighted by atomic mass is 10.1. The first-order valence-corrected chi connectivity index (χ1v) is 10.1. The van der Waals surface area contributed by atoms with E-state index in [9.17, 15) is 14.9 Å². The Morgan fingerprint density at radius 3 is 2.43 bits per heavy atom. The molecule has 0 aliphatic heterocycles. The van der Waals surface area contributed by atoms with Crippen molar-refractivity contribution in [3.8, 4) is 0 Å². The molecule has 2 rings (SSSR count). The number of halogens is 1. The van der Waals surface area contributed by atoms with Crippen LogP contribution in [-0.2, 0) is 17.9 Å². The van der Waals surface area contributed by atoms with Crippen LogP contribution in [0.3, 0.4) is 0 Å². The van der Waals surface area contributed by atoms with Gasteiger partial charge >= 0.3 is 0 Å². The van der Waals surface area contributed by atoms with Gasteiger partial charge in [0.2, 0.25) is 5.91 Å². The molecule has 1 aromatic carbocycles. The van der Waals surface area contributed by atoms with Gasteiger partial charge in [0.1, 0.15) is 0 Å². The molecule has 30 heavy (non-hydrogen) atoms. The van der Waals surface area contributed by atoms with Gasteiger partial charge < -0.3 is 15.5 Å². The van der Waals surface area contributed by atoms with Crippen molar-refractivity contribution in [3.05, 3.63) is 62.3 Å². The van der Waals surface area contributed by atoms with Crippen LogP contribution in [0.5, 0.6) is 0 Å². The standard InChI is InChI=1S/C20H27N5O3S.HI/c1-20(2,3)23-18(26)14-24(4)19(22-13-17-6-5-11-29-17)21-12-15-7-9-16(10-8-15)25(27)28;/h5-11H,12-14H2,1-4H3,(H,21,22)(H,23,26);1H. The van der Waals surface area contributed by atoms with Crippen molar-refractivity contribution in [2.24, 2.45) is 4.99 Å². The first-order valence-electron chi connectivity index (χ1n) is 9.20. The van der Waals surface area contributed by atoms with Gasteiger partial charge in [-0.25, -0.2) is 4.99 Å². The van der Waals surface area contributed by atoms with Crippen LogP contribution >= 0.6 is 35.3 Å². The highest BCUT2D eigenvalue weighted by Gasteiger charge is 2.17. The minimum Gasteiger partial charge on any atom is -0.351 e. The number of carbonyl (C=O) groups excluding carboxylic acids is 1. The summed E-state index contributed by atoms with van der Waals surface area (Å²) in [5.74, 6) is 0.488. The van der Waals surface area contributed by atoms with Gasteiger partial charge in [-0.3, -0.25) is 14.9 Å². The molecule has 0 unspecified atom stereocenters. The minimum atomic E-state index is -0.428. The van der Waals surface area contributed by atoms with Crippen molar-refractivity contribution in [3.63, 3.8) is 0 Å². The largest absolute Gasteiger partial charge is 0.351 e. The third-order valence-corrected chi connectivity index (χ3v) is 4.69. The summed E-state index contributed by atoms with van der Waals surface area (Å²) in [5, 5.41) is 19.0. The van der Waals surface area contributed by atoms with Crippen molar-refractivity contribution >= 4 is 52.9 Å². The number of amides is 1. The molecule has 0 atom stereocenters. The zero-order chi connectivity index (χ0) is 21.4. The summed E-state index contributed by atoms with van der Waals surface area (Å²) in [4.78, 5) is 30.2. The zero-order valence-corrected chi connectivity index (χ0v) is 20.7. The Kier molecular flexibility index (Phi) is 10.2. The number of nitro groups is 1. The Bertz CT molecular complexity index is 848. The second kappa shape index (κ2) is 11.8. The summed E-state index contributed by atoms with van der Waals surface area (Å²) in [6, 6.07) is 10.3. The lowest BCUT2D eigenvalue weighted by Gasteiger charge is -2.25. The molecule has 2 N–H and O–H groups in total. The lowest BCUT2D eigenvalue weighted by molar-refractivity contribution is -0.384. The van der Waals surface area contributed by atoms with Crippen molar-refractivity contribution in [1.82, 2.24) is 15.5 Å². The number of aliphatic imine (C=N–C) groups is 1. The molecule has 1 amide bonds. The van der Waals surface area contributed by atoms with Gasteiger partial charge in [0.05, 0.1) is 24.6 Å². The maximum atomic E-state index is 12.3. The number of nitrogens with zero attached hydrogens (tertiary/aromatic N) is 3. The molecule has 164 valence electrons. The van der Waals surface area contributed by atoms with Crippen LogP contribution in [-0.4, -0.2) is 40.8 Å². The Morgan fingerprint density at radius 1 is 1.23 bits per heavy atom. The van der Waals surface area contributed by atoms with Crippen molar-refractivity contribution in [1.29, 1.82) is 0 Å². The maximum Gasteiger partial charge on any atom is 0.269 e. The average molecular weight is 545 g/mol. The van der Waals surface area contributed by atoms with Crippen molar-refractivity contribution in [2.45, 2.75) is 39.4 Å². The number of nitrogens with one attached hydrogen (secondary N) is 2. The fraction of sp³-hybridized carbons (Fsp3) is 0.400. The SMILES string of the molecule is CN(CC(=O)NC(C)(C)C)C(=NCc1ccc([N+](=O)[O-])cc1)NCc1cccs1.I. The van der Waals surface area contributed by atoms with E-state index in [1.54, 1.807) is 35.4 Å². The van der Waals surface area contributed by atoms with Crippen LogP contribution < -0.4 is 10.6 Å². The molecule has 0 aliphatic rings. The number of likely N-dealkylation sites (N-methyl/N-ethyl adjacent to an activating group) is 1. The van der Waals surface area contributed by atoms with Crippen LogP contribution in [0, 0.1) is 10.1 Å². The molecule has 2 aromatic rings. The molecule has 0 aliphatic carbocycles. The topological polar surface area (TPSA) is 99.9 Å². The molecule has 0 saturated heterocycles. The summed E-state index contributed by atoms with van der Waals surface area (Å²) >= 11 is 1.64. The van der Waals surface area contributed by atoms with E-state index in [-0.39, 0.29) is 47.7 Å². The molecule has 0 saturated carbocycles. The van der Waals surface area contributed by atoms with Gasteiger partial charge in [-0.2, -0.15) is 0 Å². The van der Waals surface area contributed by atoms with Crippen molar-refractivity contribution in [2.75, 3.05) is 13.6 Å². The minimum absolute atomic E-state index is 0. The van der Waals surface area contributed by atoms with Crippen LogP contribution in [0.25, 0.3) is 0 Å². The number of non-ortho nitro benzene ring substituents is 1. The van der Waals surface area contributed by atoms with Crippen LogP contribution in [0.1, 0.15) is 31.2 Å².